The Hall–Kier alpha value is 0. The Morgan fingerprint density at radius 3 is 1.36 bits per heavy atom. The molecule has 68 valence electrons. The average molecular weight is 156 g/mol. The van der Waals surface area contributed by atoms with E-state index in [0.717, 1.165) is 11.8 Å². The summed E-state index contributed by atoms with van der Waals surface area (Å²) in [4.78, 5) is 0. The Morgan fingerprint density at radius 1 is 0.909 bits per heavy atom. The maximum absolute atomic E-state index is 2.38. The molecule has 0 bridgehead atoms. The molecule has 0 saturated heterocycles. The minimum absolute atomic E-state index is 1.00. The van der Waals surface area contributed by atoms with Gasteiger partial charge in [-0.05, 0) is 11.8 Å². The van der Waals surface area contributed by atoms with E-state index < -0.39 is 0 Å². The van der Waals surface area contributed by atoms with Crippen LogP contribution in [0.3, 0.4) is 0 Å². The largest absolute Gasteiger partial charge is 0.0656 e. The molecule has 2 atom stereocenters. The van der Waals surface area contributed by atoms with Crippen molar-refractivity contribution in [2.45, 2.75) is 59.8 Å². The van der Waals surface area contributed by atoms with E-state index in [1.54, 1.807) is 0 Å². The maximum atomic E-state index is 2.38. The fourth-order valence-electron chi connectivity index (χ4n) is 1.50. The molecule has 1 fully saturated rings. The van der Waals surface area contributed by atoms with Gasteiger partial charge in [0.15, 0.2) is 0 Å². The highest BCUT2D eigenvalue weighted by Crippen LogP contribution is 2.28. The minimum atomic E-state index is 1.00. The molecule has 0 aromatic heterocycles. The third-order valence-corrected chi connectivity index (χ3v) is 2.54. The Balaban J connectivity index is 0.000000292. The van der Waals surface area contributed by atoms with Crippen LogP contribution in [0.25, 0.3) is 0 Å². The second kappa shape index (κ2) is 6.69. The van der Waals surface area contributed by atoms with Crippen molar-refractivity contribution >= 4 is 0 Å². The highest BCUT2D eigenvalue weighted by Gasteiger charge is 2.15. The third kappa shape index (κ3) is 5.29. The summed E-state index contributed by atoms with van der Waals surface area (Å²) < 4.78 is 0. The molecule has 1 rings (SSSR count). The van der Waals surface area contributed by atoms with Gasteiger partial charge in [-0.15, -0.1) is 0 Å². The summed E-state index contributed by atoms with van der Waals surface area (Å²) in [5.41, 5.74) is 0. The normalized spacial score (nSPS) is 30.5. The van der Waals surface area contributed by atoms with Crippen molar-refractivity contribution in [2.75, 3.05) is 0 Å². The molecule has 0 amide bonds. The summed E-state index contributed by atoms with van der Waals surface area (Å²) in [6, 6.07) is 0. The van der Waals surface area contributed by atoms with Gasteiger partial charge in [0.1, 0.15) is 0 Å². The average Bonchev–Trinajstić information content (AvgIpc) is 1.97. The predicted molar refractivity (Wildman–Crippen MR) is 52.8 cm³/mol. The second-order valence-electron chi connectivity index (χ2n) is 3.95. The molecule has 0 aromatic carbocycles. The van der Waals surface area contributed by atoms with E-state index in [2.05, 4.69) is 27.7 Å². The first-order chi connectivity index (χ1) is 5.22. The van der Waals surface area contributed by atoms with Gasteiger partial charge in [-0.2, -0.15) is 0 Å². The lowest BCUT2D eigenvalue weighted by Gasteiger charge is -2.24. The van der Waals surface area contributed by atoms with Crippen LogP contribution in [0.15, 0.2) is 0 Å². The molecular weight excluding hydrogens is 132 g/mol. The summed E-state index contributed by atoms with van der Waals surface area (Å²) in [5.74, 6) is 2.01. The Kier molecular flexibility index (Phi) is 6.69. The van der Waals surface area contributed by atoms with Crippen molar-refractivity contribution in [3.05, 3.63) is 0 Å². The molecule has 11 heavy (non-hydrogen) atoms. The Morgan fingerprint density at radius 2 is 1.18 bits per heavy atom. The second-order valence-corrected chi connectivity index (χ2v) is 3.95. The zero-order valence-electron chi connectivity index (χ0n) is 8.69. The van der Waals surface area contributed by atoms with Crippen LogP contribution in [0.5, 0.6) is 0 Å². The van der Waals surface area contributed by atoms with Crippen LogP contribution in [-0.2, 0) is 0 Å². The maximum Gasteiger partial charge on any atom is -0.0417 e. The van der Waals surface area contributed by atoms with Gasteiger partial charge in [-0.25, -0.2) is 0 Å². The van der Waals surface area contributed by atoms with Crippen LogP contribution in [0.2, 0.25) is 0 Å². The van der Waals surface area contributed by atoms with E-state index >= 15 is 0 Å². The fourth-order valence-corrected chi connectivity index (χ4v) is 1.50. The summed E-state index contributed by atoms with van der Waals surface area (Å²) in [6.07, 6.45) is 7.15. The lowest BCUT2D eigenvalue weighted by atomic mass is 9.82. The lowest BCUT2D eigenvalue weighted by Crippen LogP contribution is -2.12. The molecule has 1 aliphatic rings. The molecule has 0 aliphatic heterocycles. The van der Waals surface area contributed by atoms with E-state index in [1.165, 1.54) is 32.1 Å². The Labute approximate surface area is 72.4 Å². The highest BCUT2D eigenvalue weighted by atomic mass is 14.2. The van der Waals surface area contributed by atoms with Gasteiger partial charge in [0.2, 0.25) is 0 Å². The number of hydrogen-bond donors (Lipinski definition) is 0. The lowest BCUT2D eigenvalue weighted by molar-refractivity contribution is 0.277. The quantitative estimate of drug-likeness (QED) is 0.492. The van der Waals surface area contributed by atoms with Gasteiger partial charge in [0, 0.05) is 0 Å². The molecule has 0 heteroatoms. The molecule has 1 saturated carbocycles. The van der Waals surface area contributed by atoms with Crippen LogP contribution in [-0.4, -0.2) is 0 Å². The molecule has 1 aliphatic carbocycles. The van der Waals surface area contributed by atoms with Gasteiger partial charge in [-0.1, -0.05) is 59.8 Å². The van der Waals surface area contributed by atoms with E-state index in [4.69, 9.17) is 0 Å². The zero-order valence-corrected chi connectivity index (χ0v) is 8.69. The summed E-state index contributed by atoms with van der Waals surface area (Å²) in [5, 5.41) is 0. The summed E-state index contributed by atoms with van der Waals surface area (Å²) in [6.45, 7) is 9.01. The fraction of sp³-hybridized carbons (Fsp3) is 1.00. The first-order valence-corrected chi connectivity index (χ1v) is 5.22. The monoisotopic (exact) mass is 156 g/mol. The van der Waals surface area contributed by atoms with Crippen LogP contribution in [0.1, 0.15) is 59.8 Å². The standard InChI is InChI=1S/C8H16.C3H8/c1-7-5-3-4-6-8(7)2;1-3-2/h7-8H,3-6H2,1-2H3;3H2,1-2H3. The smallest absolute Gasteiger partial charge is 0.0417 e. The molecule has 0 N–H and O–H groups in total. The van der Waals surface area contributed by atoms with Gasteiger partial charge in [0.05, 0.1) is 0 Å². The van der Waals surface area contributed by atoms with Gasteiger partial charge in [-0.3, -0.25) is 0 Å². The number of rotatable bonds is 0. The van der Waals surface area contributed by atoms with Gasteiger partial charge >= 0.3 is 0 Å². The highest BCUT2D eigenvalue weighted by molar-refractivity contribution is 4.67. The van der Waals surface area contributed by atoms with Gasteiger partial charge < -0.3 is 0 Å². The van der Waals surface area contributed by atoms with Crippen molar-refractivity contribution in [3.63, 3.8) is 0 Å². The summed E-state index contributed by atoms with van der Waals surface area (Å²) >= 11 is 0. The van der Waals surface area contributed by atoms with Crippen molar-refractivity contribution in [1.82, 2.24) is 0 Å². The minimum Gasteiger partial charge on any atom is -0.0656 e. The summed E-state index contributed by atoms with van der Waals surface area (Å²) in [7, 11) is 0. The molecule has 0 nitrogen and oxygen atoms in total. The number of hydrogen-bond acceptors (Lipinski definition) is 0. The molecule has 0 heterocycles. The SMILES string of the molecule is CC1CCCCC1C.CCC. The van der Waals surface area contributed by atoms with Crippen molar-refractivity contribution < 1.29 is 0 Å². The van der Waals surface area contributed by atoms with Crippen LogP contribution in [0, 0.1) is 11.8 Å². The molecule has 0 aromatic rings. The third-order valence-electron chi connectivity index (χ3n) is 2.54. The van der Waals surface area contributed by atoms with E-state index in [-0.39, 0.29) is 0 Å². The van der Waals surface area contributed by atoms with E-state index in [0.29, 0.717) is 0 Å². The zero-order chi connectivity index (χ0) is 8.69. The van der Waals surface area contributed by atoms with Crippen molar-refractivity contribution in [3.8, 4) is 0 Å². The van der Waals surface area contributed by atoms with Crippen LogP contribution >= 0.6 is 0 Å². The molecular formula is C11H24. The van der Waals surface area contributed by atoms with Gasteiger partial charge in [0.25, 0.3) is 0 Å². The van der Waals surface area contributed by atoms with E-state index in [9.17, 15) is 0 Å². The first kappa shape index (κ1) is 11.0. The van der Waals surface area contributed by atoms with Crippen LogP contribution in [0.4, 0.5) is 0 Å². The Bertz CT molecular complexity index is 66.1. The van der Waals surface area contributed by atoms with Crippen molar-refractivity contribution in [2.24, 2.45) is 11.8 Å². The molecule has 2 unspecified atom stereocenters. The topological polar surface area (TPSA) is 0 Å². The molecule has 0 radical (unpaired) electrons. The predicted octanol–water partition coefficient (Wildman–Crippen LogP) is 4.25. The molecule has 0 spiro atoms. The van der Waals surface area contributed by atoms with E-state index in [1.807, 2.05) is 0 Å². The van der Waals surface area contributed by atoms with Crippen molar-refractivity contribution in [1.29, 1.82) is 0 Å². The first-order valence-electron chi connectivity index (χ1n) is 5.22. The van der Waals surface area contributed by atoms with Crippen LogP contribution < -0.4 is 0 Å².